The highest BCUT2D eigenvalue weighted by atomic mass is 16.4. The molecular weight excluding hydrogens is 232 g/mol. The van der Waals surface area contributed by atoms with Gasteiger partial charge in [-0.25, -0.2) is 4.79 Å². The summed E-state index contributed by atoms with van der Waals surface area (Å²) in [5.41, 5.74) is 0.196. The average molecular weight is 248 g/mol. The fourth-order valence-electron chi connectivity index (χ4n) is 2.92. The van der Waals surface area contributed by atoms with Gasteiger partial charge in [0.1, 0.15) is 5.56 Å². The van der Waals surface area contributed by atoms with E-state index in [1.54, 1.807) is 0 Å². The quantitative estimate of drug-likeness (QED) is 0.819. The normalized spacial score (nSPS) is 30.1. The van der Waals surface area contributed by atoms with Crippen LogP contribution < -0.4 is 5.32 Å². The van der Waals surface area contributed by atoms with Gasteiger partial charge in [0.2, 0.25) is 0 Å². The number of rotatable bonds is 3. The van der Waals surface area contributed by atoms with Gasteiger partial charge in [-0.05, 0) is 37.9 Å². The number of nitrogens with zero attached hydrogens (tertiary/aromatic N) is 3. The van der Waals surface area contributed by atoms with Crippen molar-refractivity contribution in [3.63, 3.8) is 0 Å². The molecule has 4 heterocycles. The highest BCUT2D eigenvalue weighted by Gasteiger charge is 2.34. The maximum atomic E-state index is 11.1. The first-order chi connectivity index (χ1) is 8.74. The number of piperidine rings is 3. The number of anilines is 1. The summed E-state index contributed by atoms with van der Waals surface area (Å²) < 4.78 is 0. The number of carboxylic acids is 1. The maximum Gasteiger partial charge on any atom is 0.339 e. The Morgan fingerprint density at radius 3 is 2.83 bits per heavy atom. The molecule has 0 saturated carbocycles. The van der Waals surface area contributed by atoms with Crippen LogP contribution in [0.3, 0.4) is 0 Å². The van der Waals surface area contributed by atoms with Gasteiger partial charge >= 0.3 is 5.97 Å². The molecule has 1 aromatic rings. The molecule has 2 N–H and O–H groups in total. The molecule has 6 heteroatoms. The van der Waals surface area contributed by atoms with E-state index in [2.05, 4.69) is 20.4 Å². The zero-order valence-corrected chi connectivity index (χ0v) is 10.0. The van der Waals surface area contributed by atoms with E-state index in [4.69, 9.17) is 5.11 Å². The molecule has 1 unspecified atom stereocenters. The molecule has 6 nitrogen and oxygen atoms in total. The van der Waals surface area contributed by atoms with Crippen molar-refractivity contribution in [1.82, 2.24) is 15.1 Å². The Morgan fingerprint density at radius 1 is 1.44 bits per heavy atom. The van der Waals surface area contributed by atoms with Gasteiger partial charge in [0.05, 0.1) is 6.20 Å². The van der Waals surface area contributed by atoms with Gasteiger partial charge in [-0.2, -0.15) is 5.10 Å². The second-order valence-electron chi connectivity index (χ2n) is 4.99. The molecule has 0 amide bonds. The number of hydrogen-bond acceptors (Lipinski definition) is 5. The van der Waals surface area contributed by atoms with E-state index >= 15 is 0 Å². The zero-order valence-electron chi connectivity index (χ0n) is 10.0. The molecule has 3 fully saturated rings. The second-order valence-corrected chi connectivity index (χ2v) is 4.99. The summed E-state index contributed by atoms with van der Waals surface area (Å²) in [6, 6.07) is 1.78. The van der Waals surface area contributed by atoms with Crippen LogP contribution in [-0.2, 0) is 0 Å². The van der Waals surface area contributed by atoms with Crippen LogP contribution in [0.15, 0.2) is 12.3 Å². The topological polar surface area (TPSA) is 78.3 Å². The minimum absolute atomic E-state index is 0.196. The molecule has 3 aliphatic heterocycles. The van der Waals surface area contributed by atoms with Crippen LogP contribution in [0, 0.1) is 5.92 Å². The first kappa shape index (κ1) is 11.4. The number of carbonyl (C=O) groups is 1. The van der Waals surface area contributed by atoms with Gasteiger partial charge in [-0.15, -0.1) is 5.10 Å². The number of carboxylic acid groups (broad SMARTS) is 1. The van der Waals surface area contributed by atoms with E-state index < -0.39 is 5.97 Å². The summed E-state index contributed by atoms with van der Waals surface area (Å²) in [7, 11) is 0. The van der Waals surface area contributed by atoms with Crippen LogP contribution in [0.5, 0.6) is 0 Å². The minimum Gasteiger partial charge on any atom is -0.478 e. The van der Waals surface area contributed by atoms with Crippen molar-refractivity contribution in [2.24, 2.45) is 5.92 Å². The zero-order chi connectivity index (χ0) is 12.5. The van der Waals surface area contributed by atoms with Gasteiger partial charge in [0.25, 0.3) is 0 Å². The van der Waals surface area contributed by atoms with Gasteiger partial charge in [0, 0.05) is 12.6 Å². The SMILES string of the molecule is O=C(O)c1ccnnc1NC1CN2CCC1CC2. The lowest BCUT2D eigenvalue weighted by molar-refractivity contribution is 0.0696. The summed E-state index contributed by atoms with van der Waals surface area (Å²) in [5, 5.41) is 20.1. The molecule has 0 radical (unpaired) electrons. The van der Waals surface area contributed by atoms with Crippen LogP contribution in [0.2, 0.25) is 0 Å². The fraction of sp³-hybridized carbons (Fsp3) is 0.583. The van der Waals surface area contributed by atoms with Crippen molar-refractivity contribution in [1.29, 1.82) is 0 Å². The number of fused-ring (bicyclic) bond motifs is 3. The van der Waals surface area contributed by atoms with Crippen molar-refractivity contribution >= 4 is 11.8 Å². The Labute approximate surface area is 105 Å². The monoisotopic (exact) mass is 248 g/mol. The average Bonchev–Trinajstić information content (AvgIpc) is 2.40. The molecule has 1 atom stereocenters. The summed E-state index contributed by atoms with van der Waals surface area (Å²) in [6.07, 6.45) is 3.77. The summed E-state index contributed by atoms with van der Waals surface area (Å²) in [4.78, 5) is 13.5. The number of aromatic carboxylic acids is 1. The molecule has 0 aliphatic carbocycles. The van der Waals surface area contributed by atoms with Crippen LogP contribution in [0.4, 0.5) is 5.82 Å². The predicted octanol–water partition coefficient (Wildman–Crippen LogP) is 0.681. The summed E-state index contributed by atoms with van der Waals surface area (Å²) in [6.45, 7) is 3.30. The highest BCUT2D eigenvalue weighted by Crippen LogP contribution is 2.29. The van der Waals surface area contributed by atoms with Crippen molar-refractivity contribution in [3.05, 3.63) is 17.8 Å². The van der Waals surface area contributed by atoms with Gasteiger partial charge in [0.15, 0.2) is 5.82 Å². The van der Waals surface area contributed by atoms with Crippen molar-refractivity contribution < 1.29 is 9.90 Å². The van der Waals surface area contributed by atoms with Gasteiger partial charge in [-0.3, -0.25) is 0 Å². The van der Waals surface area contributed by atoms with E-state index in [0.717, 1.165) is 19.6 Å². The van der Waals surface area contributed by atoms with Crippen LogP contribution in [0.25, 0.3) is 0 Å². The molecule has 2 bridgehead atoms. The smallest absolute Gasteiger partial charge is 0.339 e. The Kier molecular flexibility index (Phi) is 2.87. The van der Waals surface area contributed by atoms with Crippen molar-refractivity contribution in [3.8, 4) is 0 Å². The van der Waals surface area contributed by atoms with Crippen molar-refractivity contribution in [2.45, 2.75) is 18.9 Å². The van der Waals surface area contributed by atoms with Crippen LogP contribution >= 0.6 is 0 Å². The first-order valence-electron chi connectivity index (χ1n) is 6.28. The Morgan fingerprint density at radius 2 is 2.22 bits per heavy atom. The van der Waals surface area contributed by atoms with Gasteiger partial charge in [-0.1, -0.05) is 0 Å². The van der Waals surface area contributed by atoms with E-state index in [-0.39, 0.29) is 5.56 Å². The molecule has 3 saturated heterocycles. The van der Waals surface area contributed by atoms with Gasteiger partial charge < -0.3 is 15.3 Å². The lowest BCUT2D eigenvalue weighted by atomic mass is 9.84. The number of hydrogen-bond donors (Lipinski definition) is 2. The van der Waals surface area contributed by atoms with Crippen LogP contribution in [-0.4, -0.2) is 51.8 Å². The molecule has 1 aromatic heterocycles. The second kappa shape index (κ2) is 4.53. The predicted molar refractivity (Wildman–Crippen MR) is 65.6 cm³/mol. The largest absolute Gasteiger partial charge is 0.478 e. The number of aromatic nitrogens is 2. The molecule has 4 rings (SSSR count). The highest BCUT2D eigenvalue weighted by molar-refractivity contribution is 5.92. The third kappa shape index (κ3) is 2.03. The van der Waals surface area contributed by atoms with Crippen molar-refractivity contribution in [2.75, 3.05) is 25.0 Å². The third-order valence-corrected chi connectivity index (χ3v) is 3.93. The summed E-state index contributed by atoms with van der Waals surface area (Å²) >= 11 is 0. The molecular formula is C12H16N4O2. The number of nitrogens with one attached hydrogen (secondary N) is 1. The fourth-order valence-corrected chi connectivity index (χ4v) is 2.92. The molecule has 18 heavy (non-hydrogen) atoms. The summed E-state index contributed by atoms with van der Waals surface area (Å²) in [5.74, 6) is 0.0519. The molecule has 0 spiro atoms. The Bertz CT molecular complexity index is 457. The van der Waals surface area contributed by atoms with E-state index in [1.807, 2.05) is 0 Å². The Balaban J connectivity index is 1.78. The third-order valence-electron chi connectivity index (χ3n) is 3.93. The minimum atomic E-state index is -0.964. The molecule has 3 aliphatic rings. The Hall–Kier alpha value is -1.69. The first-order valence-corrected chi connectivity index (χ1v) is 6.28. The molecule has 96 valence electrons. The maximum absolute atomic E-state index is 11.1. The standard InChI is InChI=1S/C12H16N4O2/c17-12(18)9-1-4-13-15-11(9)14-10-7-16-5-2-8(10)3-6-16/h1,4,8,10H,2-3,5-7H2,(H,14,15)(H,17,18). The lowest BCUT2D eigenvalue weighted by Gasteiger charge is -2.45. The van der Waals surface area contributed by atoms with E-state index in [9.17, 15) is 4.79 Å². The van der Waals surface area contributed by atoms with E-state index in [0.29, 0.717) is 17.8 Å². The lowest BCUT2D eigenvalue weighted by Crippen LogP contribution is -2.53. The van der Waals surface area contributed by atoms with E-state index in [1.165, 1.54) is 25.1 Å². The molecule has 0 aromatic carbocycles. The van der Waals surface area contributed by atoms with Crippen LogP contribution in [0.1, 0.15) is 23.2 Å².